The van der Waals surface area contributed by atoms with Crippen LogP contribution < -0.4 is 0 Å². The summed E-state index contributed by atoms with van der Waals surface area (Å²) in [5.74, 6) is 0. The van der Waals surface area contributed by atoms with Gasteiger partial charge in [0.25, 0.3) is 0 Å². The van der Waals surface area contributed by atoms with Crippen molar-refractivity contribution in [1.82, 2.24) is 0 Å². The van der Waals surface area contributed by atoms with Crippen molar-refractivity contribution in [3.8, 4) is 0 Å². The first-order valence-corrected chi connectivity index (χ1v) is 6.36. The zero-order valence-corrected chi connectivity index (χ0v) is 10.6. The number of benzene rings is 1. The molecule has 0 heterocycles. The van der Waals surface area contributed by atoms with E-state index >= 15 is 0 Å². The second-order valence-electron chi connectivity index (χ2n) is 3.57. The quantitative estimate of drug-likeness (QED) is 0.642. The van der Waals surface area contributed by atoms with E-state index in [1.54, 1.807) is 18.2 Å². The van der Waals surface area contributed by atoms with Gasteiger partial charge in [0.15, 0.2) is 0 Å². The van der Waals surface area contributed by atoms with Crippen LogP contribution in [0.5, 0.6) is 0 Å². The van der Waals surface area contributed by atoms with Crippen LogP contribution in [0.3, 0.4) is 0 Å². The molecule has 1 N–H and O–H groups in total. The Morgan fingerprint density at radius 2 is 1.94 bits per heavy atom. The Balaban J connectivity index is 3.08. The average molecular weight is 248 g/mol. The summed E-state index contributed by atoms with van der Waals surface area (Å²) in [6, 6.07) is 7.36. The zero-order valence-electron chi connectivity index (χ0n) is 9.80. The Morgan fingerprint density at radius 1 is 1.35 bits per heavy atom. The molecule has 17 heavy (non-hydrogen) atoms. The lowest BCUT2D eigenvalue weighted by molar-refractivity contribution is 0.267. The van der Waals surface area contributed by atoms with Gasteiger partial charge in [-0.1, -0.05) is 36.4 Å². The molecule has 0 amide bonds. The predicted molar refractivity (Wildman–Crippen MR) is 72.1 cm³/mol. The largest absolute Gasteiger partial charge is 0.384 e. The van der Waals surface area contributed by atoms with E-state index in [-0.39, 0.29) is 0 Å². The highest BCUT2D eigenvalue weighted by Gasteiger charge is 2.15. The van der Waals surface area contributed by atoms with Crippen LogP contribution in [0.25, 0.3) is 0 Å². The Hall–Kier alpha value is -1.45. The minimum atomic E-state index is -1.39. The summed E-state index contributed by atoms with van der Waals surface area (Å²) in [6.45, 7) is 9.01. The van der Waals surface area contributed by atoms with E-state index in [0.717, 1.165) is 5.56 Å². The fourth-order valence-corrected chi connectivity index (χ4v) is 2.49. The van der Waals surface area contributed by atoms with Crippen molar-refractivity contribution >= 4 is 10.8 Å². The standard InChI is InChI=1S/C14H16O2S/c1-4-6-14(13(15)5-2)17(16)12-9-7-11(3)8-10-12/h4-10,13,15H,1-2H2,3H3/b14-6+/t13-,17+/m1/s1. The van der Waals surface area contributed by atoms with Gasteiger partial charge in [0.05, 0.1) is 15.7 Å². The molecule has 0 fully saturated rings. The maximum atomic E-state index is 12.2. The van der Waals surface area contributed by atoms with Crippen LogP contribution in [-0.2, 0) is 10.8 Å². The number of hydrogen-bond acceptors (Lipinski definition) is 2. The SMILES string of the molecule is C=C/C=C(\[C@H](O)C=C)[S@@](=O)c1ccc(C)cc1. The van der Waals surface area contributed by atoms with Gasteiger partial charge in [0, 0.05) is 4.90 Å². The van der Waals surface area contributed by atoms with Crippen molar-refractivity contribution < 1.29 is 9.32 Å². The minimum Gasteiger partial charge on any atom is -0.384 e. The Kier molecular flexibility index (Phi) is 5.07. The molecule has 0 aromatic heterocycles. The third kappa shape index (κ3) is 3.51. The van der Waals surface area contributed by atoms with Crippen molar-refractivity contribution in [2.45, 2.75) is 17.9 Å². The van der Waals surface area contributed by atoms with Crippen molar-refractivity contribution in [2.24, 2.45) is 0 Å². The molecule has 0 bridgehead atoms. The molecule has 0 spiro atoms. The van der Waals surface area contributed by atoms with Crippen molar-refractivity contribution in [2.75, 3.05) is 0 Å². The molecule has 1 rings (SSSR count). The first kappa shape index (κ1) is 13.6. The number of rotatable bonds is 5. The molecule has 3 heteroatoms. The van der Waals surface area contributed by atoms with E-state index in [0.29, 0.717) is 9.80 Å². The maximum Gasteiger partial charge on any atom is 0.106 e. The Bertz CT molecular complexity index is 458. The fourth-order valence-electron chi connectivity index (χ4n) is 1.30. The molecular weight excluding hydrogens is 232 g/mol. The summed E-state index contributed by atoms with van der Waals surface area (Å²) in [7, 11) is -1.39. The summed E-state index contributed by atoms with van der Waals surface area (Å²) in [5.41, 5.74) is 1.10. The first-order valence-electron chi connectivity index (χ1n) is 5.21. The van der Waals surface area contributed by atoms with Gasteiger partial charge < -0.3 is 5.11 Å². The lowest BCUT2D eigenvalue weighted by atomic mass is 10.2. The molecule has 0 radical (unpaired) electrons. The van der Waals surface area contributed by atoms with Crippen LogP contribution in [0.1, 0.15) is 5.56 Å². The second-order valence-corrected chi connectivity index (χ2v) is 5.05. The molecule has 1 aromatic carbocycles. The van der Waals surface area contributed by atoms with Gasteiger partial charge in [-0.2, -0.15) is 0 Å². The highest BCUT2D eigenvalue weighted by Crippen LogP contribution is 2.18. The van der Waals surface area contributed by atoms with Gasteiger partial charge in [-0.15, -0.1) is 6.58 Å². The van der Waals surface area contributed by atoms with E-state index in [9.17, 15) is 9.32 Å². The average Bonchev–Trinajstić information content (AvgIpc) is 2.35. The minimum absolute atomic E-state index is 0.388. The van der Waals surface area contributed by atoms with Crippen LogP contribution in [-0.4, -0.2) is 15.4 Å². The molecule has 0 aliphatic heterocycles. The monoisotopic (exact) mass is 248 g/mol. The van der Waals surface area contributed by atoms with Crippen molar-refractivity contribution in [3.05, 3.63) is 66.1 Å². The summed E-state index contributed by atoms with van der Waals surface area (Å²) >= 11 is 0. The maximum absolute atomic E-state index is 12.2. The van der Waals surface area contributed by atoms with Crippen molar-refractivity contribution in [1.29, 1.82) is 0 Å². The second kappa shape index (κ2) is 6.33. The lowest BCUT2D eigenvalue weighted by Crippen LogP contribution is -2.11. The summed E-state index contributed by atoms with van der Waals surface area (Å²) in [4.78, 5) is 1.04. The summed E-state index contributed by atoms with van der Waals surface area (Å²) < 4.78 is 12.2. The third-order valence-corrected chi connectivity index (χ3v) is 3.75. The van der Waals surface area contributed by atoms with Gasteiger partial charge in [-0.25, -0.2) is 4.21 Å². The highest BCUT2D eigenvalue weighted by molar-refractivity contribution is 7.89. The van der Waals surface area contributed by atoms with E-state index in [4.69, 9.17) is 0 Å². The molecule has 0 aliphatic rings. The molecule has 0 aliphatic carbocycles. The van der Waals surface area contributed by atoms with Crippen LogP contribution in [0.2, 0.25) is 0 Å². The molecule has 1 aromatic rings. The van der Waals surface area contributed by atoms with Crippen LogP contribution >= 0.6 is 0 Å². The lowest BCUT2D eigenvalue weighted by Gasteiger charge is -2.10. The molecule has 2 atom stereocenters. The third-order valence-electron chi connectivity index (χ3n) is 2.25. The van der Waals surface area contributed by atoms with Crippen LogP contribution in [0.15, 0.2) is 65.5 Å². The number of aliphatic hydroxyl groups excluding tert-OH is 1. The van der Waals surface area contributed by atoms with Crippen LogP contribution in [0.4, 0.5) is 0 Å². The smallest absolute Gasteiger partial charge is 0.106 e. The first-order chi connectivity index (χ1) is 8.10. The van der Waals surface area contributed by atoms with E-state index in [2.05, 4.69) is 13.2 Å². The predicted octanol–water partition coefficient (Wildman–Crippen LogP) is 2.72. The highest BCUT2D eigenvalue weighted by atomic mass is 32.2. The van der Waals surface area contributed by atoms with Gasteiger partial charge in [-0.05, 0) is 25.1 Å². The molecule has 90 valence electrons. The van der Waals surface area contributed by atoms with Gasteiger partial charge in [0.2, 0.25) is 0 Å². The molecular formula is C14H16O2S. The summed E-state index contributed by atoms with van der Waals surface area (Å²) in [6.07, 6.45) is 3.49. The topological polar surface area (TPSA) is 37.3 Å². The fraction of sp³-hybridized carbons (Fsp3) is 0.143. The van der Waals surface area contributed by atoms with Gasteiger partial charge >= 0.3 is 0 Å². The number of aryl methyl sites for hydroxylation is 1. The molecule has 0 saturated carbocycles. The normalized spacial score (nSPS) is 15.1. The summed E-state index contributed by atoms with van der Waals surface area (Å²) in [5, 5.41) is 9.71. The number of allylic oxidation sites excluding steroid dienone is 2. The molecule has 2 nitrogen and oxygen atoms in total. The number of hydrogen-bond donors (Lipinski definition) is 1. The molecule has 0 saturated heterocycles. The van der Waals surface area contributed by atoms with Gasteiger partial charge in [-0.3, -0.25) is 0 Å². The number of aliphatic hydroxyl groups is 1. The van der Waals surface area contributed by atoms with E-state index in [1.165, 1.54) is 12.2 Å². The van der Waals surface area contributed by atoms with Crippen LogP contribution in [0, 0.1) is 6.92 Å². The van der Waals surface area contributed by atoms with E-state index in [1.807, 2.05) is 19.1 Å². The van der Waals surface area contributed by atoms with Gasteiger partial charge in [0.1, 0.15) is 6.10 Å². The Morgan fingerprint density at radius 3 is 2.41 bits per heavy atom. The van der Waals surface area contributed by atoms with Crippen molar-refractivity contribution in [3.63, 3.8) is 0 Å². The Labute approximate surface area is 104 Å². The van der Waals surface area contributed by atoms with E-state index < -0.39 is 16.9 Å². The zero-order chi connectivity index (χ0) is 12.8. The molecule has 0 unspecified atom stereocenters.